The Morgan fingerprint density at radius 3 is 2.85 bits per heavy atom. The van der Waals surface area contributed by atoms with Crippen LogP contribution in [0.4, 0.5) is 0 Å². The third-order valence-electron chi connectivity index (χ3n) is 6.52. The van der Waals surface area contributed by atoms with E-state index in [0.29, 0.717) is 24.0 Å². The Labute approximate surface area is 121 Å². The van der Waals surface area contributed by atoms with Crippen molar-refractivity contribution in [2.24, 2.45) is 29.1 Å². The maximum absolute atomic E-state index is 12.2. The average molecular weight is 278 g/mol. The van der Waals surface area contributed by atoms with Crippen LogP contribution in [0.2, 0.25) is 0 Å². The van der Waals surface area contributed by atoms with Gasteiger partial charge in [0.15, 0.2) is 0 Å². The minimum atomic E-state index is -0.0647. The molecule has 0 spiro atoms. The normalized spacial score (nSPS) is 43.8. The van der Waals surface area contributed by atoms with Gasteiger partial charge in [-0.3, -0.25) is 9.59 Å². The molecule has 20 heavy (non-hydrogen) atoms. The standard InChI is InChI=1S/C17H26O3/c1-17-8-7-12-9-11(10-16(19)20-2)3-4-13(12)14(17)5-6-15(17)18/h11-14H,3-10H2,1-2H3/t11-,12-,13-,14+,17+/m0/s1. The molecule has 3 aliphatic rings. The number of hydrogen-bond donors (Lipinski definition) is 0. The number of esters is 1. The van der Waals surface area contributed by atoms with Crippen molar-refractivity contribution in [1.82, 2.24) is 0 Å². The first-order valence-corrected chi connectivity index (χ1v) is 8.14. The molecule has 3 fully saturated rings. The molecule has 3 aliphatic carbocycles. The van der Waals surface area contributed by atoms with Crippen molar-refractivity contribution in [3.8, 4) is 0 Å². The number of rotatable bonds is 2. The highest BCUT2D eigenvalue weighted by Crippen LogP contribution is 2.58. The van der Waals surface area contributed by atoms with Gasteiger partial charge in [0.25, 0.3) is 0 Å². The van der Waals surface area contributed by atoms with Gasteiger partial charge in [0.2, 0.25) is 0 Å². The monoisotopic (exact) mass is 278 g/mol. The summed E-state index contributed by atoms with van der Waals surface area (Å²) in [6.45, 7) is 2.21. The highest BCUT2D eigenvalue weighted by molar-refractivity contribution is 5.87. The molecule has 0 N–H and O–H groups in total. The van der Waals surface area contributed by atoms with E-state index in [1.54, 1.807) is 0 Å². The molecule has 3 nitrogen and oxygen atoms in total. The summed E-state index contributed by atoms with van der Waals surface area (Å²) < 4.78 is 4.80. The first-order chi connectivity index (χ1) is 9.54. The maximum atomic E-state index is 12.2. The van der Waals surface area contributed by atoms with Crippen molar-refractivity contribution in [3.63, 3.8) is 0 Å². The van der Waals surface area contributed by atoms with E-state index in [4.69, 9.17) is 4.74 Å². The predicted molar refractivity (Wildman–Crippen MR) is 76.0 cm³/mol. The van der Waals surface area contributed by atoms with Crippen LogP contribution in [0.3, 0.4) is 0 Å². The van der Waals surface area contributed by atoms with Crippen molar-refractivity contribution in [1.29, 1.82) is 0 Å². The second-order valence-electron chi connectivity index (χ2n) is 7.41. The van der Waals surface area contributed by atoms with E-state index in [1.807, 2.05) is 0 Å². The lowest BCUT2D eigenvalue weighted by Crippen LogP contribution is -2.44. The molecular weight excluding hydrogens is 252 g/mol. The van der Waals surface area contributed by atoms with Crippen LogP contribution in [0, 0.1) is 29.1 Å². The van der Waals surface area contributed by atoms with Crippen LogP contribution >= 0.6 is 0 Å². The minimum Gasteiger partial charge on any atom is -0.469 e. The summed E-state index contributed by atoms with van der Waals surface area (Å²) in [5, 5.41) is 0. The number of methoxy groups -OCH3 is 1. The van der Waals surface area contributed by atoms with Gasteiger partial charge in [-0.05, 0) is 62.2 Å². The molecule has 0 aromatic carbocycles. The fourth-order valence-electron chi connectivity index (χ4n) is 5.34. The summed E-state index contributed by atoms with van der Waals surface area (Å²) in [5.41, 5.74) is -0.0175. The quantitative estimate of drug-likeness (QED) is 0.727. The Balaban J connectivity index is 1.67. The number of carbonyl (C=O) groups is 2. The van der Waals surface area contributed by atoms with Crippen LogP contribution in [-0.4, -0.2) is 18.9 Å². The van der Waals surface area contributed by atoms with Gasteiger partial charge in [-0.2, -0.15) is 0 Å². The Morgan fingerprint density at radius 2 is 2.10 bits per heavy atom. The van der Waals surface area contributed by atoms with Crippen molar-refractivity contribution in [3.05, 3.63) is 0 Å². The van der Waals surface area contributed by atoms with Crippen molar-refractivity contribution >= 4 is 11.8 Å². The molecular formula is C17H26O3. The molecule has 3 saturated carbocycles. The molecule has 0 unspecified atom stereocenters. The van der Waals surface area contributed by atoms with Crippen LogP contribution in [0.1, 0.15) is 58.3 Å². The van der Waals surface area contributed by atoms with Crippen molar-refractivity contribution in [2.45, 2.75) is 58.3 Å². The van der Waals surface area contributed by atoms with Crippen molar-refractivity contribution < 1.29 is 14.3 Å². The Morgan fingerprint density at radius 1 is 1.30 bits per heavy atom. The fraction of sp³-hybridized carbons (Fsp3) is 0.882. The Kier molecular flexibility index (Phi) is 3.64. The van der Waals surface area contributed by atoms with Crippen LogP contribution < -0.4 is 0 Å². The predicted octanol–water partition coefficient (Wildman–Crippen LogP) is 3.36. The first-order valence-electron chi connectivity index (χ1n) is 8.14. The van der Waals surface area contributed by atoms with Crippen LogP contribution in [0.5, 0.6) is 0 Å². The molecule has 0 saturated heterocycles. The molecule has 0 heterocycles. The van der Waals surface area contributed by atoms with Gasteiger partial charge in [-0.1, -0.05) is 6.92 Å². The highest BCUT2D eigenvalue weighted by Gasteiger charge is 2.54. The number of ketones is 1. The van der Waals surface area contributed by atoms with E-state index in [9.17, 15) is 9.59 Å². The summed E-state index contributed by atoms with van der Waals surface area (Å²) in [6.07, 6.45) is 8.26. The number of Topliss-reactive ketones (excluding diaryl/α,β-unsaturated/α-hetero) is 1. The third-order valence-corrected chi connectivity index (χ3v) is 6.52. The zero-order valence-electron chi connectivity index (χ0n) is 12.7. The van der Waals surface area contributed by atoms with Crippen LogP contribution in [0.15, 0.2) is 0 Å². The summed E-state index contributed by atoms with van der Waals surface area (Å²) in [6, 6.07) is 0. The van der Waals surface area contributed by atoms with E-state index in [2.05, 4.69) is 6.92 Å². The first kappa shape index (κ1) is 14.1. The van der Waals surface area contributed by atoms with E-state index < -0.39 is 0 Å². The molecule has 0 radical (unpaired) electrons. The number of carbonyl (C=O) groups excluding carboxylic acids is 2. The molecule has 112 valence electrons. The van der Waals surface area contributed by atoms with Gasteiger partial charge in [-0.25, -0.2) is 0 Å². The average Bonchev–Trinajstić information content (AvgIpc) is 2.75. The van der Waals surface area contributed by atoms with E-state index in [-0.39, 0.29) is 11.4 Å². The van der Waals surface area contributed by atoms with Gasteiger partial charge in [0.1, 0.15) is 5.78 Å². The van der Waals surface area contributed by atoms with E-state index in [1.165, 1.54) is 26.4 Å². The van der Waals surface area contributed by atoms with E-state index >= 15 is 0 Å². The fourth-order valence-corrected chi connectivity index (χ4v) is 5.34. The molecule has 0 aromatic heterocycles. The second-order valence-corrected chi connectivity index (χ2v) is 7.41. The van der Waals surface area contributed by atoms with Gasteiger partial charge < -0.3 is 4.74 Å². The van der Waals surface area contributed by atoms with Gasteiger partial charge in [-0.15, -0.1) is 0 Å². The summed E-state index contributed by atoms with van der Waals surface area (Å²) >= 11 is 0. The zero-order chi connectivity index (χ0) is 14.3. The van der Waals surface area contributed by atoms with Gasteiger partial charge >= 0.3 is 5.97 Å². The topological polar surface area (TPSA) is 43.4 Å². The van der Waals surface area contributed by atoms with Crippen LogP contribution in [-0.2, 0) is 14.3 Å². The highest BCUT2D eigenvalue weighted by atomic mass is 16.5. The summed E-state index contributed by atoms with van der Waals surface area (Å²) in [7, 11) is 1.48. The van der Waals surface area contributed by atoms with Gasteiger partial charge in [0, 0.05) is 18.3 Å². The summed E-state index contributed by atoms with van der Waals surface area (Å²) in [4.78, 5) is 23.6. The zero-order valence-corrected chi connectivity index (χ0v) is 12.7. The van der Waals surface area contributed by atoms with Crippen LogP contribution in [0.25, 0.3) is 0 Å². The molecule has 0 aliphatic heterocycles. The Bertz CT molecular complexity index is 416. The summed E-state index contributed by atoms with van der Waals surface area (Å²) in [5.74, 6) is 3.04. The minimum absolute atomic E-state index is 0.0175. The lowest BCUT2D eigenvalue weighted by Gasteiger charge is -2.49. The van der Waals surface area contributed by atoms with Crippen molar-refractivity contribution in [2.75, 3.05) is 7.11 Å². The number of fused-ring (bicyclic) bond motifs is 3. The second kappa shape index (κ2) is 5.16. The lowest BCUT2D eigenvalue weighted by atomic mass is 9.55. The van der Waals surface area contributed by atoms with E-state index in [0.717, 1.165) is 37.5 Å². The maximum Gasteiger partial charge on any atom is 0.305 e. The number of hydrogen-bond acceptors (Lipinski definition) is 3. The van der Waals surface area contributed by atoms with Gasteiger partial charge in [0.05, 0.1) is 7.11 Å². The smallest absolute Gasteiger partial charge is 0.305 e. The molecule has 0 bridgehead atoms. The number of ether oxygens (including phenoxy) is 1. The lowest BCUT2D eigenvalue weighted by molar-refractivity contribution is -0.142. The molecule has 3 heteroatoms. The Hall–Kier alpha value is -0.860. The molecule has 0 aromatic rings. The largest absolute Gasteiger partial charge is 0.469 e. The molecule has 0 amide bonds. The third kappa shape index (κ3) is 2.19. The molecule has 5 atom stereocenters. The molecule has 3 rings (SSSR count). The SMILES string of the molecule is COC(=O)C[C@H]1CC[C@H]2[C@@H](CC[C@@]3(C)C(=O)CC[C@H]23)C1.